The van der Waals surface area contributed by atoms with Gasteiger partial charge < -0.3 is 14.5 Å². The third-order valence-electron chi connectivity index (χ3n) is 3.27. The maximum absolute atomic E-state index is 13.5. The van der Waals surface area contributed by atoms with E-state index >= 15 is 0 Å². The first kappa shape index (κ1) is 14.8. The van der Waals surface area contributed by atoms with Crippen molar-refractivity contribution in [2.24, 2.45) is 0 Å². The number of amides is 1. The first-order valence-corrected chi connectivity index (χ1v) is 6.97. The van der Waals surface area contributed by atoms with Crippen molar-refractivity contribution in [2.45, 2.75) is 0 Å². The number of furan rings is 1. The summed E-state index contributed by atoms with van der Waals surface area (Å²) in [6.45, 7) is 0. The number of halogens is 1. The van der Waals surface area contributed by atoms with Gasteiger partial charge in [-0.2, -0.15) is 0 Å². The fourth-order valence-electron chi connectivity index (χ4n) is 2.15. The highest BCUT2D eigenvalue weighted by atomic mass is 19.1. The Kier molecular flexibility index (Phi) is 4.10. The van der Waals surface area contributed by atoms with E-state index in [1.807, 2.05) is 6.07 Å². The number of fused-ring (bicyclic) bond motifs is 1. The van der Waals surface area contributed by atoms with Gasteiger partial charge in [0.15, 0.2) is 0 Å². The van der Waals surface area contributed by atoms with Crippen molar-refractivity contribution < 1.29 is 18.3 Å². The van der Waals surface area contributed by atoms with Gasteiger partial charge in [0.05, 0.1) is 12.8 Å². The van der Waals surface area contributed by atoms with E-state index in [0.29, 0.717) is 11.3 Å². The monoisotopic (exact) mass is 311 g/mol. The summed E-state index contributed by atoms with van der Waals surface area (Å²) in [5.41, 5.74) is 0.830. The number of anilines is 1. The van der Waals surface area contributed by atoms with Crippen LogP contribution >= 0.6 is 0 Å². The maximum Gasteiger partial charge on any atom is 0.248 e. The van der Waals surface area contributed by atoms with Crippen LogP contribution in [0.15, 0.2) is 59.0 Å². The van der Waals surface area contributed by atoms with Gasteiger partial charge >= 0.3 is 0 Å². The van der Waals surface area contributed by atoms with Crippen LogP contribution in [0.3, 0.4) is 0 Å². The van der Waals surface area contributed by atoms with Crippen molar-refractivity contribution in [2.75, 3.05) is 12.4 Å². The second-order valence-corrected chi connectivity index (χ2v) is 4.85. The number of hydrogen-bond donors (Lipinski definition) is 1. The molecule has 2 aromatic carbocycles. The van der Waals surface area contributed by atoms with E-state index in [2.05, 4.69) is 5.32 Å². The van der Waals surface area contributed by atoms with Crippen molar-refractivity contribution in [3.8, 4) is 5.75 Å². The van der Waals surface area contributed by atoms with Gasteiger partial charge in [0.25, 0.3) is 0 Å². The Balaban J connectivity index is 1.74. The van der Waals surface area contributed by atoms with Crippen molar-refractivity contribution in [3.05, 3.63) is 66.2 Å². The molecule has 0 spiro atoms. The average molecular weight is 311 g/mol. The zero-order chi connectivity index (χ0) is 16.2. The van der Waals surface area contributed by atoms with Crippen LogP contribution in [0, 0.1) is 5.82 Å². The van der Waals surface area contributed by atoms with E-state index in [1.54, 1.807) is 37.4 Å². The summed E-state index contributed by atoms with van der Waals surface area (Å²) >= 11 is 0. The predicted molar refractivity (Wildman–Crippen MR) is 86.8 cm³/mol. The number of ether oxygens (including phenoxy) is 1. The summed E-state index contributed by atoms with van der Waals surface area (Å²) in [5, 5.41) is 3.34. The van der Waals surface area contributed by atoms with Crippen molar-refractivity contribution in [1.82, 2.24) is 0 Å². The second-order valence-electron chi connectivity index (χ2n) is 4.85. The Labute approximate surface area is 132 Å². The lowest BCUT2D eigenvalue weighted by Crippen LogP contribution is -2.08. The third kappa shape index (κ3) is 3.40. The van der Waals surface area contributed by atoms with Crippen LogP contribution in [0.5, 0.6) is 5.75 Å². The van der Waals surface area contributed by atoms with Gasteiger partial charge in [0.2, 0.25) is 5.91 Å². The number of benzene rings is 2. The molecule has 3 rings (SSSR count). The SMILES string of the molecule is COc1ccc2oc(C=CC(=O)Nc3ccccc3F)cc2c1. The third-order valence-corrected chi connectivity index (χ3v) is 3.27. The molecule has 0 bridgehead atoms. The average Bonchev–Trinajstić information content (AvgIpc) is 2.97. The molecular weight excluding hydrogens is 297 g/mol. The minimum absolute atomic E-state index is 0.136. The fourth-order valence-corrected chi connectivity index (χ4v) is 2.15. The lowest BCUT2D eigenvalue weighted by molar-refractivity contribution is -0.111. The highest BCUT2D eigenvalue weighted by Gasteiger charge is 2.05. The van der Waals surface area contributed by atoms with Gasteiger partial charge in [0.1, 0.15) is 22.9 Å². The van der Waals surface area contributed by atoms with Crippen LogP contribution in [-0.2, 0) is 4.79 Å². The Hall–Kier alpha value is -3.08. The lowest BCUT2D eigenvalue weighted by atomic mass is 10.2. The number of carbonyl (C=O) groups excluding carboxylic acids is 1. The highest BCUT2D eigenvalue weighted by Crippen LogP contribution is 2.24. The lowest BCUT2D eigenvalue weighted by Gasteiger charge is -2.02. The Morgan fingerprint density at radius 2 is 2.04 bits per heavy atom. The van der Waals surface area contributed by atoms with Crippen LogP contribution in [0.1, 0.15) is 5.76 Å². The molecule has 1 aromatic heterocycles. The van der Waals surface area contributed by atoms with Crippen molar-refractivity contribution in [3.63, 3.8) is 0 Å². The zero-order valence-electron chi connectivity index (χ0n) is 12.4. The van der Waals surface area contributed by atoms with Gasteiger partial charge in [-0.25, -0.2) is 4.39 Å². The second kappa shape index (κ2) is 6.36. The molecule has 0 radical (unpaired) electrons. The first-order chi connectivity index (χ1) is 11.2. The quantitative estimate of drug-likeness (QED) is 0.733. The van der Waals surface area contributed by atoms with Crippen molar-refractivity contribution >= 4 is 28.6 Å². The first-order valence-electron chi connectivity index (χ1n) is 6.97. The number of nitrogens with one attached hydrogen (secondary N) is 1. The summed E-state index contributed by atoms with van der Waals surface area (Å²) in [4.78, 5) is 11.8. The van der Waals surface area contributed by atoms with Gasteiger partial charge in [-0.05, 0) is 42.5 Å². The van der Waals surface area contributed by atoms with E-state index in [9.17, 15) is 9.18 Å². The van der Waals surface area contributed by atoms with Gasteiger partial charge in [-0.3, -0.25) is 4.79 Å². The molecule has 0 fully saturated rings. The Morgan fingerprint density at radius 1 is 1.22 bits per heavy atom. The molecule has 3 aromatic rings. The van der Waals surface area contributed by atoms with E-state index in [4.69, 9.17) is 9.15 Å². The van der Waals surface area contributed by atoms with E-state index < -0.39 is 11.7 Å². The summed E-state index contributed by atoms with van der Waals surface area (Å²) in [6, 6.07) is 13.2. The molecular formula is C18H14FNO3. The standard InChI is InChI=1S/C18H14FNO3/c1-22-13-6-8-17-12(10-13)11-14(23-17)7-9-18(21)20-16-5-3-2-4-15(16)19/h2-11H,1H3,(H,20,21). The number of carbonyl (C=O) groups is 1. The van der Waals surface area contributed by atoms with Crippen LogP contribution in [0.2, 0.25) is 0 Å². The van der Waals surface area contributed by atoms with Crippen LogP contribution in [0.4, 0.5) is 10.1 Å². The predicted octanol–water partition coefficient (Wildman–Crippen LogP) is 4.23. The Morgan fingerprint density at radius 3 is 2.83 bits per heavy atom. The summed E-state index contributed by atoms with van der Waals surface area (Å²) in [7, 11) is 1.59. The molecule has 1 amide bonds. The number of hydrogen-bond acceptors (Lipinski definition) is 3. The number of methoxy groups -OCH3 is 1. The van der Waals surface area contributed by atoms with Crippen LogP contribution < -0.4 is 10.1 Å². The number of rotatable bonds is 4. The molecule has 1 N–H and O–H groups in total. The topological polar surface area (TPSA) is 51.5 Å². The van der Waals surface area contributed by atoms with Gasteiger partial charge in [0, 0.05) is 11.5 Å². The molecule has 0 unspecified atom stereocenters. The molecule has 1 heterocycles. The molecule has 0 aliphatic heterocycles. The normalized spacial score (nSPS) is 11.0. The number of para-hydroxylation sites is 1. The van der Waals surface area contributed by atoms with Gasteiger partial charge in [-0.15, -0.1) is 0 Å². The molecule has 0 aliphatic carbocycles. The maximum atomic E-state index is 13.5. The van der Waals surface area contributed by atoms with E-state index in [0.717, 1.165) is 11.1 Å². The zero-order valence-corrected chi connectivity index (χ0v) is 12.4. The van der Waals surface area contributed by atoms with Crippen LogP contribution in [0.25, 0.3) is 17.0 Å². The summed E-state index contributed by atoms with van der Waals surface area (Å²) < 4.78 is 24.2. The fraction of sp³-hybridized carbons (Fsp3) is 0.0556. The molecule has 5 heteroatoms. The summed E-state index contributed by atoms with van der Waals surface area (Å²) in [6.07, 6.45) is 2.82. The minimum atomic E-state index is -0.481. The van der Waals surface area contributed by atoms with E-state index in [1.165, 1.54) is 24.3 Å². The molecule has 0 saturated carbocycles. The molecule has 0 aliphatic rings. The smallest absolute Gasteiger partial charge is 0.248 e. The molecule has 116 valence electrons. The minimum Gasteiger partial charge on any atom is -0.497 e. The largest absolute Gasteiger partial charge is 0.497 e. The van der Waals surface area contributed by atoms with Gasteiger partial charge in [-0.1, -0.05) is 12.1 Å². The molecule has 23 heavy (non-hydrogen) atoms. The van der Waals surface area contributed by atoms with Crippen molar-refractivity contribution in [1.29, 1.82) is 0 Å². The van der Waals surface area contributed by atoms with E-state index in [-0.39, 0.29) is 5.69 Å². The molecule has 0 saturated heterocycles. The highest BCUT2D eigenvalue weighted by molar-refractivity contribution is 6.02. The Bertz CT molecular complexity index is 883. The molecule has 0 atom stereocenters. The summed E-state index contributed by atoms with van der Waals surface area (Å²) in [5.74, 6) is 0.335. The molecule has 4 nitrogen and oxygen atoms in total. The van der Waals surface area contributed by atoms with Crippen LogP contribution in [-0.4, -0.2) is 13.0 Å².